The monoisotopic (exact) mass is 449 g/mol. The highest BCUT2D eigenvalue weighted by molar-refractivity contribution is 9.10. The predicted molar refractivity (Wildman–Crippen MR) is 101 cm³/mol. The number of nitrogens with zero attached hydrogens (tertiary/aromatic N) is 1. The van der Waals surface area contributed by atoms with Gasteiger partial charge in [-0.25, -0.2) is 9.18 Å². The number of methoxy groups -OCH3 is 2. The van der Waals surface area contributed by atoms with E-state index >= 15 is 0 Å². The molecule has 2 aromatic carbocycles. The minimum absolute atomic E-state index is 0.0210. The average molecular weight is 450 g/mol. The molecule has 0 fully saturated rings. The van der Waals surface area contributed by atoms with Crippen LogP contribution in [0.25, 0.3) is 0 Å². The van der Waals surface area contributed by atoms with E-state index in [0.29, 0.717) is 17.6 Å². The molecule has 28 heavy (non-hydrogen) atoms. The summed E-state index contributed by atoms with van der Waals surface area (Å²) in [6, 6.07) is 9.15. The van der Waals surface area contributed by atoms with E-state index in [9.17, 15) is 18.8 Å². The Labute approximate surface area is 169 Å². The van der Waals surface area contributed by atoms with Crippen LogP contribution in [-0.4, -0.2) is 37.3 Å². The Hall–Kier alpha value is -2.74. The lowest BCUT2D eigenvalue weighted by molar-refractivity contribution is -0.155. The first-order valence-electron chi connectivity index (χ1n) is 8.35. The number of esters is 1. The summed E-state index contributed by atoms with van der Waals surface area (Å²) in [6.07, 6.45) is 0.231. The van der Waals surface area contributed by atoms with Crippen LogP contribution in [0.5, 0.6) is 5.75 Å². The molecule has 0 bridgehead atoms. The molecule has 1 atom stereocenters. The van der Waals surface area contributed by atoms with Crippen LogP contribution in [0, 0.1) is 5.82 Å². The lowest BCUT2D eigenvalue weighted by Gasteiger charge is -2.35. The molecule has 0 saturated heterocycles. The first-order valence-corrected chi connectivity index (χ1v) is 9.14. The highest BCUT2D eigenvalue weighted by atomic mass is 79.9. The SMILES string of the molecule is COC(=O)C1(CC=O)c2c(Br)cc(F)cc2C(=O)N1Cc1ccc(OC)cc1. The van der Waals surface area contributed by atoms with Crippen LogP contribution in [0.15, 0.2) is 40.9 Å². The van der Waals surface area contributed by atoms with Crippen LogP contribution in [0.2, 0.25) is 0 Å². The van der Waals surface area contributed by atoms with Crippen molar-refractivity contribution in [1.29, 1.82) is 0 Å². The molecule has 1 aliphatic heterocycles. The number of rotatable bonds is 6. The molecule has 1 amide bonds. The van der Waals surface area contributed by atoms with Crippen LogP contribution in [-0.2, 0) is 26.4 Å². The van der Waals surface area contributed by atoms with E-state index in [1.807, 2.05) is 0 Å². The molecule has 0 radical (unpaired) electrons. The van der Waals surface area contributed by atoms with Crippen LogP contribution in [0.1, 0.15) is 27.9 Å². The van der Waals surface area contributed by atoms with Gasteiger partial charge in [0, 0.05) is 28.6 Å². The highest BCUT2D eigenvalue weighted by Crippen LogP contribution is 2.47. The van der Waals surface area contributed by atoms with Crippen molar-refractivity contribution in [2.75, 3.05) is 14.2 Å². The van der Waals surface area contributed by atoms with Gasteiger partial charge in [-0.05, 0) is 29.8 Å². The minimum atomic E-state index is -1.69. The summed E-state index contributed by atoms with van der Waals surface area (Å²) >= 11 is 3.24. The first kappa shape index (κ1) is 20.0. The second-order valence-corrected chi connectivity index (χ2v) is 7.13. The minimum Gasteiger partial charge on any atom is -0.497 e. The second-order valence-electron chi connectivity index (χ2n) is 6.27. The van der Waals surface area contributed by atoms with Crippen molar-refractivity contribution in [1.82, 2.24) is 4.90 Å². The Bertz CT molecular complexity index is 946. The van der Waals surface area contributed by atoms with Gasteiger partial charge in [-0.1, -0.05) is 28.1 Å². The third-order valence-corrected chi connectivity index (χ3v) is 5.43. The third kappa shape index (κ3) is 3.07. The van der Waals surface area contributed by atoms with Crippen LogP contribution < -0.4 is 4.74 Å². The van der Waals surface area contributed by atoms with Crippen molar-refractivity contribution in [2.24, 2.45) is 0 Å². The summed E-state index contributed by atoms with van der Waals surface area (Å²) < 4.78 is 24.3. The number of benzene rings is 2. The van der Waals surface area contributed by atoms with Gasteiger partial charge in [-0.15, -0.1) is 0 Å². The molecule has 2 aromatic rings. The molecular formula is C20H17BrFNO5. The molecule has 0 spiro atoms. The van der Waals surface area contributed by atoms with Crippen LogP contribution in [0.4, 0.5) is 4.39 Å². The Balaban J connectivity index is 2.18. The van der Waals surface area contributed by atoms with Crippen LogP contribution in [0.3, 0.4) is 0 Å². The summed E-state index contributed by atoms with van der Waals surface area (Å²) in [6.45, 7) is 0.0223. The van der Waals surface area contributed by atoms with Gasteiger partial charge in [0.25, 0.3) is 5.91 Å². The van der Waals surface area contributed by atoms with Crippen molar-refractivity contribution in [3.63, 3.8) is 0 Å². The molecule has 1 aliphatic rings. The number of halogens is 2. The lowest BCUT2D eigenvalue weighted by atomic mass is 9.86. The van der Waals surface area contributed by atoms with Crippen molar-refractivity contribution >= 4 is 34.1 Å². The maximum atomic E-state index is 14.0. The molecule has 0 aromatic heterocycles. The van der Waals surface area contributed by atoms with Crippen molar-refractivity contribution in [3.8, 4) is 5.75 Å². The predicted octanol–water partition coefficient (Wildman–Crippen LogP) is 3.21. The molecule has 8 heteroatoms. The summed E-state index contributed by atoms with van der Waals surface area (Å²) in [7, 11) is 2.72. The van der Waals surface area contributed by atoms with Gasteiger partial charge in [0.15, 0.2) is 5.54 Å². The van der Waals surface area contributed by atoms with E-state index in [1.165, 1.54) is 19.1 Å². The summed E-state index contributed by atoms with van der Waals surface area (Å²) in [5, 5.41) is 0. The fourth-order valence-electron chi connectivity index (χ4n) is 3.53. The number of ether oxygens (including phenoxy) is 2. The number of carbonyl (C=O) groups excluding carboxylic acids is 3. The van der Waals surface area contributed by atoms with E-state index in [2.05, 4.69) is 15.9 Å². The van der Waals surface area contributed by atoms with Crippen LogP contribution >= 0.6 is 15.9 Å². The number of hydrogen-bond donors (Lipinski definition) is 0. The Morgan fingerprint density at radius 3 is 2.50 bits per heavy atom. The number of carbonyl (C=O) groups is 3. The van der Waals surface area contributed by atoms with Gasteiger partial charge < -0.3 is 19.2 Å². The molecule has 146 valence electrons. The zero-order valence-corrected chi connectivity index (χ0v) is 16.8. The van der Waals surface area contributed by atoms with Gasteiger partial charge in [0.05, 0.1) is 14.2 Å². The summed E-state index contributed by atoms with van der Waals surface area (Å²) in [5.41, 5.74) is -0.730. The van der Waals surface area contributed by atoms with Gasteiger partial charge in [-0.3, -0.25) is 4.79 Å². The van der Waals surface area contributed by atoms with Gasteiger partial charge >= 0.3 is 5.97 Å². The maximum absolute atomic E-state index is 14.0. The fraction of sp³-hybridized carbons (Fsp3) is 0.250. The number of aldehydes is 1. The first-order chi connectivity index (χ1) is 13.4. The van der Waals surface area contributed by atoms with Gasteiger partial charge in [-0.2, -0.15) is 0 Å². The molecule has 1 heterocycles. The molecule has 1 unspecified atom stereocenters. The number of fused-ring (bicyclic) bond motifs is 1. The van der Waals surface area contributed by atoms with E-state index in [1.54, 1.807) is 24.3 Å². The quantitative estimate of drug-likeness (QED) is 0.500. The third-order valence-electron chi connectivity index (χ3n) is 4.81. The van der Waals surface area contributed by atoms with Gasteiger partial charge in [0.2, 0.25) is 0 Å². The van der Waals surface area contributed by atoms with E-state index in [-0.39, 0.29) is 28.6 Å². The van der Waals surface area contributed by atoms with Crippen molar-refractivity contribution in [2.45, 2.75) is 18.5 Å². The molecule has 6 nitrogen and oxygen atoms in total. The molecule has 3 rings (SSSR count). The Kier molecular flexibility index (Phi) is 5.51. The maximum Gasteiger partial charge on any atom is 0.337 e. The van der Waals surface area contributed by atoms with E-state index in [4.69, 9.17) is 9.47 Å². The van der Waals surface area contributed by atoms with Crippen molar-refractivity contribution < 1.29 is 28.2 Å². The molecular weight excluding hydrogens is 433 g/mol. The van der Waals surface area contributed by atoms with Crippen molar-refractivity contribution in [3.05, 3.63) is 63.4 Å². The number of amides is 1. The molecule has 0 aliphatic carbocycles. The van der Waals surface area contributed by atoms with E-state index in [0.717, 1.165) is 12.1 Å². The zero-order valence-electron chi connectivity index (χ0n) is 15.2. The summed E-state index contributed by atoms with van der Waals surface area (Å²) in [4.78, 5) is 38.8. The average Bonchev–Trinajstić information content (AvgIpc) is 2.91. The van der Waals surface area contributed by atoms with Gasteiger partial charge in [0.1, 0.15) is 17.9 Å². The second kappa shape index (κ2) is 7.71. The highest BCUT2D eigenvalue weighted by Gasteiger charge is 2.57. The largest absolute Gasteiger partial charge is 0.497 e. The zero-order chi connectivity index (χ0) is 20.5. The van der Waals surface area contributed by atoms with E-state index < -0.39 is 23.2 Å². The Morgan fingerprint density at radius 1 is 1.25 bits per heavy atom. The standard InChI is InChI=1S/C20H17BrFNO5/c1-27-14-5-3-12(4-6-14)11-23-18(25)15-9-13(22)10-16(21)17(15)20(23,7-8-24)19(26)28-2/h3-6,8-10H,7,11H2,1-2H3. The molecule has 0 N–H and O–H groups in total. The smallest absolute Gasteiger partial charge is 0.337 e. The lowest BCUT2D eigenvalue weighted by Crippen LogP contribution is -2.50. The fourth-order valence-corrected chi connectivity index (χ4v) is 4.29. The topological polar surface area (TPSA) is 72.9 Å². The Morgan fingerprint density at radius 2 is 1.93 bits per heavy atom. The number of hydrogen-bond acceptors (Lipinski definition) is 5. The molecule has 0 saturated carbocycles. The normalized spacial score (nSPS) is 18.0. The summed E-state index contributed by atoms with van der Waals surface area (Å²) in [5.74, 6) is -1.32.